The molecule has 0 aliphatic carbocycles. The highest BCUT2D eigenvalue weighted by Crippen LogP contribution is 2.31. The van der Waals surface area contributed by atoms with Crippen molar-refractivity contribution in [3.8, 4) is 5.75 Å². The maximum atomic E-state index is 10.9. The summed E-state index contributed by atoms with van der Waals surface area (Å²) >= 11 is 0. The molecular weight excluding hydrogens is 260 g/mol. The number of hydrogen-bond donors (Lipinski definition) is 0. The Labute approximate surface area is 116 Å². The molecule has 0 saturated heterocycles. The SMILES string of the molecule is COc1cc(N(C)Cc2nccn2C)ccc1[N+](=O)[O-]. The fraction of sp³-hybridized carbons (Fsp3) is 0.308. The van der Waals surface area contributed by atoms with Crippen molar-refractivity contribution in [3.63, 3.8) is 0 Å². The number of hydrogen-bond acceptors (Lipinski definition) is 5. The molecule has 0 radical (unpaired) electrons. The Bertz CT molecular complexity index is 624. The van der Waals surface area contributed by atoms with Crippen LogP contribution < -0.4 is 9.64 Å². The van der Waals surface area contributed by atoms with Crippen LogP contribution >= 0.6 is 0 Å². The van der Waals surface area contributed by atoms with Crippen molar-refractivity contribution in [3.05, 3.63) is 46.5 Å². The molecule has 0 N–H and O–H groups in total. The predicted octanol–water partition coefficient (Wildman–Crippen LogP) is 1.97. The number of nitro groups is 1. The maximum absolute atomic E-state index is 10.9. The molecule has 2 aromatic rings. The predicted molar refractivity (Wildman–Crippen MR) is 75.0 cm³/mol. The number of rotatable bonds is 5. The van der Waals surface area contributed by atoms with Gasteiger partial charge in [-0.2, -0.15) is 0 Å². The lowest BCUT2D eigenvalue weighted by Crippen LogP contribution is -2.19. The standard InChI is InChI=1S/C13H16N4O3/c1-15-7-6-14-13(15)9-16(2)10-4-5-11(17(18)19)12(8-10)20-3/h4-8H,9H2,1-3H3. The van der Waals surface area contributed by atoms with Crippen molar-refractivity contribution in [1.82, 2.24) is 9.55 Å². The maximum Gasteiger partial charge on any atom is 0.311 e. The molecule has 0 bridgehead atoms. The minimum atomic E-state index is -0.457. The molecule has 0 amide bonds. The van der Waals surface area contributed by atoms with Crippen LogP contribution in [0.5, 0.6) is 5.75 Å². The van der Waals surface area contributed by atoms with Crippen LogP contribution in [0, 0.1) is 10.1 Å². The number of aryl methyl sites for hydroxylation is 1. The molecule has 0 aliphatic heterocycles. The van der Waals surface area contributed by atoms with Gasteiger partial charge >= 0.3 is 5.69 Å². The second-order valence-corrected chi connectivity index (χ2v) is 4.42. The van der Waals surface area contributed by atoms with E-state index in [0.717, 1.165) is 11.5 Å². The van der Waals surface area contributed by atoms with E-state index in [9.17, 15) is 10.1 Å². The molecule has 20 heavy (non-hydrogen) atoms. The smallest absolute Gasteiger partial charge is 0.311 e. The first-order valence-electron chi connectivity index (χ1n) is 6.02. The fourth-order valence-corrected chi connectivity index (χ4v) is 1.91. The van der Waals surface area contributed by atoms with E-state index in [2.05, 4.69) is 4.98 Å². The zero-order valence-corrected chi connectivity index (χ0v) is 11.6. The highest BCUT2D eigenvalue weighted by atomic mass is 16.6. The van der Waals surface area contributed by atoms with Crippen molar-refractivity contribution in [2.75, 3.05) is 19.1 Å². The van der Waals surface area contributed by atoms with Gasteiger partial charge in [0.25, 0.3) is 0 Å². The number of benzene rings is 1. The molecule has 1 heterocycles. The Hall–Kier alpha value is -2.57. The number of imidazole rings is 1. The Morgan fingerprint density at radius 2 is 2.25 bits per heavy atom. The molecule has 1 aromatic carbocycles. The van der Waals surface area contributed by atoms with Crippen LogP contribution in [0.1, 0.15) is 5.82 Å². The topological polar surface area (TPSA) is 73.4 Å². The largest absolute Gasteiger partial charge is 0.490 e. The molecule has 7 heteroatoms. The molecule has 7 nitrogen and oxygen atoms in total. The monoisotopic (exact) mass is 276 g/mol. The highest BCUT2D eigenvalue weighted by molar-refractivity contribution is 5.58. The second kappa shape index (κ2) is 5.60. The summed E-state index contributed by atoms with van der Waals surface area (Å²) in [7, 11) is 5.24. The van der Waals surface area contributed by atoms with E-state index in [1.807, 2.05) is 29.8 Å². The van der Waals surface area contributed by atoms with Gasteiger partial charge in [0.2, 0.25) is 0 Å². The van der Waals surface area contributed by atoms with Crippen LogP contribution in [0.2, 0.25) is 0 Å². The average molecular weight is 276 g/mol. The van der Waals surface area contributed by atoms with Gasteiger partial charge in [-0.3, -0.25) is 10.1 Å². The van der Waals surface area contributed by atoms with Gasteiger partial charge < -0.3 is 14.2 Å². The molecule has 106 valence electrons. The van der Waals surface area contributed by atoms with Gasteiger partial charge in [-0.15, -0.1) is 0 Å². The quantitative estimate of drug-likeness (QED) is 0.616. The van der Waals surface area contributed by atoms with Crippen LogP contribution in [0.25, 0.3) is 0 Å². The van der Waals surface area contributed by atoms with Crippen LogP contribution in [-0.2, 0) is 13.6 Å². The van der Waals surface area contributed by atoms with E-state index in [1.54, 1.807) is 18.3 Å². The Morgan fingerprint density at radius 3 is 2.80 bits per heavy atom. The Balaban J connectivity index is 2.24. The summed E-state index contributed by atoms with van der Waals surface area (Å²) in [4.78, 5) is 16.6. The van der Waals surface area contributed by atoms with Crippen molar-refractivity contribution in [1.29, 1.82) is 0 Å². The summed E-state index contributed by atoms with van der Waals surface area (Å²) in [5.74, 6) is 1.16. The summed E-state index contributed by atoms with van der Waals surface area (Å²) in [5, 5.41) is 10.9. The lowest BCUT2D eigenvalue weighted by Gasteiger charge is -2.19. The molecule has 0 saturated carbocycles. The molecule has 0 aliphatic rings. The van der Waals surface area contributed by atoms with Gasteiger partial charge in [0.05, 0.1) is 18.6 Å². The van der Waals surface area contributed by atoms with E-state index in [4.69, 9.17) is 4.74 Å². The molecule has 0 unspecified atom stereocenters. The summed E-state index contributed by atoms with van der Waals surface area (Å²) in [5.41, 5.74) is 0.789. The molecule has 1 aromatic heterocycles. The minimum absolute atomic E-state index is 0.0401. The first kappa shape index (κ1) is 13.9. The Morgan fingerprint density at radius 1 is 1.50 bits per heavy atom. The van der Waals surface area contributed by atoms with Gasteiger partial charge in [0.1, 0.15) is 5.82 Å². The van der Waals surface area contributed by atoms with E-state index < -0.39 is 4.92 Å². The zero-order chi connectivity index (χ0) is 14.7. The molecule has 0 spiro atoms. The summed E-state index contributed by atoms with van der Waals surface area (Å²) in [6, 6.07) is 4.80. The normalized spacial score (nSPS) is 10.3. The lowest BCUT2D eigenvalue weighted by atomic mass is 10.2. The van der Waals surface area contributed by atoms with Crippen LogP contribution in [0.15, 0.2) is 30.6 Å². The lowest BCUT2D eigenvalue weighted by molar-refractivity contribution is -0.385. The van der Waals surface area contributed by atoms with Crippen LogP contribution in [0.4, 0.5) is 11.4 Å². The molecule has 0 atom stereocenters. The highest BCUT2D eigenvalue weighted by Gasteiger charge is 2.16. The third-order valence-corrected chi connectivity index (χ3v) is 3.10. The third-order valence-electron chi connectivity index (χ3n) is 3.10. The van der Waals surface area contributed by atoms with Gasteiger partial charge in [-0.05, 0) is 6.07 Å². The zero-order valence-electron chi connectivity index (χ0n) is 11.6. The number of methoxy groups -OCH3 is 1. The number of ether oxygens (including phenoxy) is 1. The van der Waals surface area contributed by atoms with E-state index >= 15 is 0 Å². The number of nitrogens with zero attached hydrogens (tertiary/aromatic N) is 4. The van der Waals surface area contributed by atoms with Crippen LogP contribution in [0.3, 0.4) is 0 Å². The van der Waals surface area contributed by atoms with Crippen molar-refractivity contribution in [2.45, 2.75) is 6.54 Å². The average Bonchev–Trinajstić information content (AvgIpc) is 2.83. The van der Waals surface area contributed by atoms with E-state index in [-0.39, 0.29) is 11.4 Å². The van der Waals surface area contributed by atoms with E-state index in [1.165, 1.54) is 13.2 Å². The molecule has 0 fully saturated rings. The van der Waals surface area contributed by atoms with Crippen molar-refractivity contribution < 1.29 is 9.66 Å². The number of nitro benzene ring substituents is 1. The van der Waals surface area contributed by atoms with Gasteiger partial charge in [0.15, 0.2) is 5.75 Å². The third kappa shape index (κ3) is 2.71. The van der Waals surface area contributed by atoms with Crippen LogP contribution in [-0.4, -0.2) is 28.6 Å². The van der Waals surface area contributed by atoms with E-state index in [0.29, 0.717) is 6.54 Å². The first-order valence-corrected chi connectivity index (χ1v) is 6.02. The van der Waals surface area contributed by atoms with Crippen molar-refractivity contribution >= 4 is 11.4 Å². The second-order valence-electron chi connectivity index (χ2n) is 4.42. The number of anilines is 1. The summed E-state index contributed by atoms with van der Waals surface area (Å²) in [6.45, 7) is 0.602. The molecule has 2 rings (SSSR count). The van der Waals surface area contributed by atoms with Gasteiger partial charge in [-0.1, -0.05) is 0 Å². The summed E-state index contributed by atoms with van der Waals surface area (Å²) in [6.07, 6.45) is 3.61. The van der Waals surface area contributed by atoms with Crippen molar-refractivity contribution in [2.24, 2.45) is 7.05 Å². The van der Waals surface area contributed by atoms with Gasteiger partial charge in [0, 0.05) is 44.3 Å². The Kier molecular flexibility index (Phi) is 3.88. The fourth-order valence-electron chi connectivity index (χ4n) is 1.91. The summed E-state index contributed by atoms with van der Waals surface area (Å²) < 4.78 is 7.00. The number of aromatic nitrogens is 2. The first-order chi connectivity index (χ1) is 9.52. The molecular formula is C13H16N4O3. The minimum Gasteiger partial charge on any atom is -0.490 e. The van der Waals surface area contributed by atoms with Gasteiger partial charge in [-0.25, -0.2) is 4.98 Å².